The second-order valence-electron chi connectivity index (χ2n) is 4.11. The SMILES string of the molecule is CC1CN=C(NCCNC(=O)C(C)C)N1. The molecule has 1 unspecified atom stereocenters. The average Bonchev–Trinajstić information content (AvgIpc) is 2.58. The molecular weight excluding hydrogens is 192 g/mol. The molecule has 0 saturated heterocycles. The Labute approximate surface area is 90.7 Å². The van der Waals surface area contributed by atoms with Gasteiger partial charge in [0.05, 0.1) is 6.54 Å². The van der Waals surface area contributed by atoms with Gasteiger partial charge < -0.3 is 16.0 Å². The summed E-state index contributed by atoms with van der Waals surface area (Å²) >= 11 is 0. The number of amides is 1. The Hall–Kier alpha value is -1.26. The van der Waals surface area contributed by atoms with E-state index in [0.29, 0.717) is 19.1 Å². The molecule has 0 aliphatic carbocycles. The first-order chi connectivity index (χ1) is 7.09. The van der Waals surface area contributed by atoms with Gasteiger partial charge in [0.25, 0.3) is 0 Å². The van der Waals surface area contributed by atoms with Crippen molar-refractivity contribution < 1.29 is 4.79 Å². The number of hydrogen-bond acceptors (Lipinski definition) is 4. The van der Waals surface area contributed by atoms with Crippen LogP contribution in [0.15, 0.2) is 4.99 Å². The van der Waals surface area contributed by atoms with Gasteiger partial charge in [-0.05, 0) is 6.92 Å². The van der Waals surface area contributed by atoms with Gasteiger partial charge in [-0.25, -0.2) is 0 Å². The van der Waals surface area contributed by atoms with Gasteiger partial charge >= 0.3 is 0 Å². The number of carbonyl (C=O) groups excluding carboxylic acids is 1. The highest BCUT2D eigenvalue weighted by atomic mass is 16.1. The van der Waals surface area contributed by atoms with Gasteiger partial charge in [0.15, 0.2) is 5.96 Å². The smallest absolute Gasteiger partial charge is 0.222 e. The quantitative estimate of drug-likeness (QED) is 0.560. The van der Waals surface area contributed by atoms with Crippen molar-refractivity contribution in [3.8, 4) is 0 Å². The maximum atomic E-state index is 11.2. The zero-order valence-electron chi connectivity index (χ0n) is 9.63. The molecule has 5 heteroatoms. The van der Waals surface area contributed by atoms with Crippen molar-refractivity contribution in [1.29, 1.82) is 0 Å². The van der Waals surface area contributed by atoms with Crippen LogP contribution >= 0.6 is 0 Å². The van der Waals surface area contributed by atoms with Crippen LogP contribution in [-0.4, -0.2) is 37.5 Å². The Balaban J connectivity index is 2.05. The van der Waals surface area contributed by atoms with Crippen molar-refractivity contribution in [1.82, 2.24) is 16.0 Å². The lowest BCUT2D eigenvalue weighted by atomic mass is 10.2. The van der Waals surface area contributed by atoms with Crippen molar-refractivity contribution >= 4 is 11.9 Å². The van der Waals surface area contributed by atoms with E-state index >= 15 is 0 Å². The summed E-state index contributed by atoms with van der Waals surface area (Å²) in [6.45, 7) is 8.00. The van der Waals surface area contributed by atoms with E-state index in [4.69, 9.17) is 0 Å². The van der Waals surface area contributed by atoms with Crippen LogP contribution in [0.1, 0.15) is 20.8 Å². The minimum Gasteiger partial charge on any atom is -0.355 e. The highest BCUT2D eigenvalue weighted by Crippen LogP contribution is 1.91. The summed E-state index contributed by atoms with van der Waals surface area (Å²) in [5.41, 5.74) is 0. The topological polar surface area (TPSA) is 65.5 Å². The van der Waals surface area contributed by atoms with Gasteiger partial charge in [-0.3, -0.25) is 9.79 Å². The second-order valence-corrected chi connectivity index (χ2v) is 4.11. The lowest BCUT2D eigenvalue weighted by Gasteiger charge is -2.10. The van der Waals surface area contributed by atoms with Crippen LogP contribution in [0.3, 0.4) is 0 Å². The summed E-state index contributed by atoms with van der Waals surface area (Å²) in [6.07, 6.45) is 0. The van der Waals surface area contributed by atoms with E-state index in [1.165, 1.54) is 0 Å². The van der Waals surface area contributed by atoms with Crippen LogP contribution in [0.4, 0.5) is 0 Å². The number of nitrogens with one attached hydrogen (secondary N) is 3. The summed E-state index contributed by atoms with van der Waals surface area (Å²) in [4.78, 5) is 15.5. The Morgan fingerprint density at radius 3 is 2.87 bits per heavy atom. The van der Waals surface area contributed by atoms with Crippen molar-refractivity contribution in [3.63, 3.8) is 0 Å². The van der Waals surface area contributed by atoms with Gasteiger partial charge in [-0.1, -0.05) is 13.8 Å². The van der Waals surface area contributed by atoms with Crippen molar-refractivity contribution in [2.45, 2.75) is 26.8 Å². The number of carbonyl (C=O) groups is 1. The highest BCUT2D eigenvalue weighted by molar-refractivity contribution is 5.81. The first-order valence-electron chi connectivity index (χ1n) is 5.42. The Morgan fingerprint density at radius 2 is 2.33 bits per heavy atom. The zero-order valence-corrected chi connectivity index (χ0v) is 9.63. The third kappa shape index (κ3) is 4.18. The van der Waals surface area contributed by atoms with E-state index in [1.54, 1.807) is 0 Å². The monoisotopic (exact) mass is 212 g/mol. The molecule has 0 spiro atoms. The molecule has 0 radical (unpaired) electrons. The van der Waals surface area contributed by atoms with E-state index in [1.807, 2.05) is 13.8 Å². The molecule has 1 heterocycles. The molecule has 1 aliphatic heterocycles. The maximum Gasteiger partial charge on any atom is 0.222 e. The van der Waals surface area contributed by atoms with Crippen LogP contribution in [0.25, 0.3) is 0 Å². The first-order valence-corrected chi connectivity index (χ1v) is 5.42. The number of aliphatic imine (C=N–C) groups is 1. The molecule has 0 aromatic heterocycles. The summed E-state index contributed by atoms with van der Waals surface area (Å²) < 4.78 is 0. The molecule has 86 valence electrons. The summed E-state index contributed by atoms with van der Waals surface area (Å²) in [5, 5.41) is 9.15. The second kappa shape index (κ2) is 5.58. The van der Waals surface area contributed by atoms with Crippen molar-refractivity contribution in [2.75, 3.05) is 19.6 Å². The van der Waals surface area contributed by atoms with Gasteiger partial charge in [0.2, 0.25) is 5.91 Å². The minimum atomic E-state index is 0.0481. The van der Waals surface area contributed by atoms with Crippen LogP contribution < -0.4 is 16.0 Å². The molecule has 1 rings (SSSR count). The normalized spacial score (nSPS) is 19.7. The third-order valence-electron chi connectivity index (χ3n) is 2.15. The zero-order chi connectivity index (χ0) is 11.3. The molecule has 15 heavy (non-hydrogen) atoms. The number of nitrogens with zero attached hydrogens (tertiary/aromatic N) is 1. The molecule has 0 fully saturated rings. The lowest BCUT2D eigenvalue weighted by molar-refractivity contribution is -0.123. The van der Waals surface area contributed by atoms with E-state index in [2.05, 4.69) is 27.9 Å². The number of rotatable bonds is 4. The molecule has 1 aliphatic rings. The van der Waals surface area contributed by atoms with Crippen LogP contribution in [0, 0.1) is 5.92 Å². The van der Waals surface area contributed by atoms with Gasteiger partial charge in [-0.2, -0.15) is 0 Å². The van der Waals surface area contributed by atoms with Crippen molar-refractivity contribution in [3.05, 3.63) is 0 Å². The molecule has 0 saturated carbocycles. The van der Waals surface area contributed by atoms with Gasteiger partial charge in [0, 0.05) is 25.0 Å². The molecule has 0 aromatic carbocycles. The standard InChI is InChI=1S/C10H20N4O/c1-7(2)9(15)11-4-5-12-10-13-6-8(3)14-10/h7-8H,4-6H2,1-3H3,(H,11,15)(H2,12,13,14). The average molecular weight is 212 g/mol. The summed E-state index contributed by atoms with van der Waals surface area (Å²) in [5.74, 6) is 0.972. The fourth-order valence-corrected chi connectivity index (χ4v) is 1.23. The number of hydrogen-bond donors (Lipinski definition) is 3. The molecule has 1 amide bonds. The van der Waals surface area contributed by atoms with E-state index in [-0.39, 0.29) is 11.8 Å². The van der Waals surface area contributed by atoms with Crippen LogP contribution in [0.5, 0.6) is 0 Å². The Morgan fingerprint density at radius 1 is 1.60 bits per heavy atom. The molecule has 1 atom stereocenters. The van der Waals surface area contributed by atoms with E-state index < -0.39 is 0 Å². The summed E-state index contributed by atoms with van der Waals surface area (Å²) in [6, 6.07) is 0.415. The molecule has 0 aromatic rings. The predicted octanol–water partition coefficient (Wildman–Crippen LogP) is -0.304. The van der Waals surface area contributed by atoms with Gasteiger partial charge in [0.1, 0.15) is 0 Å². The van der Waals surface area contributed by atoms with E-state index in [0.717, 1.165) is 12.5 Å². The maximum absolute atomic E-state index is 11.2. The highest BCUT2D eigenvalue weighted by Gasteiger charge is 2.11. The lowest BCUT2D eigenvalue weighted by Crippen LogP contribution is -2.41. The number of guanidine groups is 1. The summed E-state index contributed by atoms with van der Waals surface area (Å²) in [7, 11) is 0. The Kier molecular flexibility index (Phi) is 4.39. The molecule has 5 nitrogen and oxygen atoms in total. The first kappa shape index (κ1) is 11.8. The van der Waals surface area contributed by atoms with Gasteiger partial charge in [-0.15, -0.1) is 0 Å². The largest absolute Gasteiger partial charge is 0.355 e. The van der Waals surface area contributed by atoms with Crippen LogP contribution in [-0.2, 0) is 4.79 Å². The minimum absolute atomic E-state index is 0.0481. The fourth-order valence-electron chi connectivity index (χ4n) is 1.23. The Bertz CT molecular complexity index is 250. The van der Waals surface area contributed by atoms with Crippen molar-refractivity contribution in [2.24, 2.45) is 10.9 Å². The molecule has 0 bridgehead atoms. The fraction of sp³-hybridized carbons (Fsp3) is 0.800. The van der Waals surface area contributed by atoms with E-state index in [9.17, 15) is 4.79 Å². The molecular formula is C10H20N4O. The molecule has 3 N–H and O–H groups in total. The predicted molar refractivity (Wildman–Crippen MR) is 60.8 cm³/mol. The third-order valence-corrected chi connectivity index (χ3v) is 2.15. The van der Waals surface area contributed by atoms with Crippen LogP contribution in [0.2, 0.25) is 0 Å².